The molecule has 0 saturated heterocycles. The van der Waals surface area contributed by atoms with Gasteiger partial charge in [-0.05, 0) is 12.5 Å². The molecule has 1 heterocycles. The lowest BCUT2D eigenvalue weighted by Crippen LogP contribution is -2.27. The molecule has 108 valence electrons. The lowest BCUT2D eigenvalue weighted by atomic mass is 10.2. The van der Waals surface area contributed by atoms with Crippen LogP contribution in [0.15, 0.2) is 17.2 Å². The van der Waals surface area contributed by atoms with E-state index in [0.717, 1.165) is 19.3 Å². The van der Waals surface area contributed by atoms with Crippen molar-refractivity contribution in [2.75, 3.05) is 13.6 Å². The zero-order chi connectivity index (χ0) is 14.6. The Morgan fingerprint density at radius 3 is 2.53 bits per heavy atom. The van der Waals surface area contributed by atoms with E-state index in [2.05, 4.69) is 0 Å². The Morgan fingerprint density at radius 1 is 1.42 bits per heavy atom. The van der Waals surface area contributed by atoms with E-state index >= 15 is 0 Å². The zero-order valence-corrected chi connectivity index (χ0v) is 12.3. The quantitative estimate of drug-likeness (QED) is 0.772. The van der Waals surface area contributed by atoms with Gasteiger partial charge in [-0.1, -0.05) is 19.8 Å². The summed E-state index contributed by atoms with van der Waals surface area (Å²) < 4.78 is 27.0. The first-order chi connectivity index (χ1) is 8.80. The highest BCUT2D eigenvalue weighted by Gasteiger charge is 2.24. The summed E-state index contributed by atoms with van der Waals surface area (Å²) in [7, 11) is -0.580. The Morgan fingerprint density at radius 2 is 2.05 bits per heavy atom. The SMILES string of the molecule is CCCCCN(C)S(=O)(=O)c1cc(C(=O)O)n(C)c1. The van der Waals surface area contributed by atoms with E-state index in [-0.39, 0.29) is 10.6 Å². The number of sulfonamides is 1. The van der Waals surface area contributed by atoms with Crippen LogP contribution in [0.5, 0.6) is 0 Å². The minimum Gasteiger partial charge on any atom is -0.477 e. The number of aromatic carboxylic acids is 1. The maximum Gasteiger partial charge on any atom is 0.352 e. The van der Waals surface area contributed by atoms with Gasteiger partial charge < -0.3 is 9.67 Å². The summed E-state index contributed by atoms with van der Waals surface area (Å²) in [6.07, 6.45) is 4.11. The second kappa shape index (κ2) is 6.21. The van der Waals surface area contributed by atoms with Gasteiger partial charge in [0.2, 0.25) is 10.0 Å². The fraction of sp³-hybridized carbons (Fsp3) is 0.583. The standard InChI is InChI=1S/C12H20N2O4S/c1-4-5-6-7-14(3)19(17,18)10-8-11(12(15)16)13(2)9-10/h8-9H,4-7H2,1-3H3,(H,15,16). The van der Waals surface area contributed by atoms with Gasteiger partial charge in [-0.25, -0.2) is 17.5 Å². The first-order valence-corrected chi connectivity index (χ1v) is 7.60. The second-order valence-electron chi connectivity index (χ2n) is 4.51. The maximum atomic E-state index is 12.2. The third kappa shape index (κ3) is 3.57. The number of carbonyl (C=O) groups is 1. The highest BCUT2D eigenvalue weighted by Crippen LogP contribution is 2.18. The number of carboxylic acids is 1. The lowest BCUT2D eigenvalue weighted by molar-refractivity contribution is 0.0686. The maximum absolute atomic E-state index is 12.2. The Labute approximate surface area is 113 Å². The van der Waals surface area contributed by atoms with E-state index in [1.165, 1.54) is 35.2 Å². The number of aromatic nitrogens is 1. The van der Waals surface area contributed by atoms with E-state index in [1.54, 1.807) is 0 Å². The van der Waals surface area contributed by atoms with Gasteiger partial charge >= 0.3 is 5.97 Å². The molecule has 0 saturated carbocycles. The van der Waals surface area contributed by atoms with Crippen LogP contribution >= 0.6 is 0 Å². The molecule has 1 N–H and O–H groups in total. The lowest BCUT2D eigenvalue weighted by Gasteiger charge is -2.15. The van der Waals surface area contributed by atoms with E-state index in [9.17, 15) is 13.2 Å². The summed E-state index contributed by atoms with van der Waals surface area (Å²) in [6.45, 7) is 2.48. The third-order valence-corrected chi connectivity index (χ3v) is 4.81. The van der Waals surface area contributed by atoms with Gasteiger partial charge in [0.05, 0.1) is 0 Å². The van der Waals surface area contributed by atoms with Crippen molar-refractivity contribution in [3.8, 4) is 0 Å². The minimum atomic E-state index is -3.61. The Hall–Kier alpha value is -1.34. The smallest absolute Gasteiger partial charge is 0.352 e. The molecule has 0 radical (unpaired) electrons. The molecule has 7 heteroatoms. The summed E-state index contributed by atoms with van der Waals surface area (Å²) in [4.78, 5) is 10.9. The van der Waals surface area contributed by atoms with Crippen LogP contribution < -0.4 is 0 Å². The molecule has 0 aromatic carbocycles. The number of unbranched alkanes of at least 4 members (excludes halogenated alkanes) is 2. The predicted molar refractivity (Wildman–Crippen MR) is 71.7 cm³/mol. The van der Waals surface area contributed by atoms with Crippen molar-refractivity contribution in [1.82, 2.24) is 8.87 Å². The molecule has 0 aliphatic heterocycles. The van der Waals surface area contributed by atoms with Crippen LogP contribution in [-0.4, -0.2) is 42.0 Å². The van der Waals surface area contributed by atoms with Crippen molar-refractivity contribution in [3.63, 3.8) is 0 Å². The highest BCUT2D eigenvalue weighted by atomic mass is 32.2. The molecule has 0 bridgehead atoms. The van der Waals surface area contributed by atoms with Crippen LogP contribution in [0.1, 0.15) is 36.7 Å². The number of aryl methyl sites for hydroxylation is 1. The Bertz CT molecular complexity index is 548. The second-order valence-corrected chi connectivity index (χ2v) is 6.56. The van der Waals surface area contributed by atoms with Gasteiger partial charge in [0.1, 0.15) is 10.6 Å². The topological polar surface area (TPSA) is 79.6 Å². The summed E-state index contributed by atoms with van der Waals surface area (Å²) in [6, 6.07) is 1.19. The van der Waals surface area contributed by atoms with Crippen LogP contribution in [0.3, 0.4) is 0 Å². The normalized spacial score (nSPS) is 12.0. The van der Waals surface area contributed by atoms with E-state index in [1.807, 2.05) is 6.92 Å². The summed E-state index contributed by atoms with van der Waals surface area (Å²) in [5, 5.41) is 8.93. The van der Waals surface area contributed by atoms with Crippen molar-refractivity contribution in [2.45, 2.75) is 31.1 Å². The number of nitrogens with zero attached hydrogens (tertiary/aromatic N) is 2. The Balaban J connectivity index is 2.94. The van der Waals surface area contributed by atoms with Crippen molar-refractivity contribution in [3.05, 3.63) is 18.0 Å². The van der Waals surface area contributed by atoms with Crippen molar-refractivity contribution in [1.29, 1.82) is 0 Å². The average molecular weight is 288 g/mol. The molecule has 0 fully saturated rings. The molecule has 0 aliphatic rings. The van der Waals surface area contributed by atoms with Crippen LogP contribution in [0.4, 0.5) is 0 Å². The van der Waals surface area contributed by atoms with E-state index in [0.29, 0.717) is 6.54 Å². The molecule has 1 aromatic heterocycles. The fourth-order valence-electron chi connectivity index (χ4n) is 1.77. The molecule has 0 aliphatic carbocycles. The molecule has 0 atom stereocenters. The van der Waals surface area contributed by atoms with Crippen molar-refractivity contribution in [2.24, 2.45) is 7.05 Å². The first kappa shape index (κ1) is 15.7. The molecular formula is C12H20N2O4S. The Kier molecular flexibility index (Phi) is 5.13. The van der Waals surface area contributed by atoms with Crippen LogP contribution in [-0.2, 0) is 17.1 Å². The number of carboxylic acid groups (broad SMARTS) is 1. The third-order valence-electron chi connectivity index (χ3n) is 2.98. The van der Waals surface area contributed by atoms with Gasteiger partial charge in [0, 0.05) is 26.8 Å². The largest absolute Gasteiger partial charge is 0.477 e. The summed E-state index contributed by atoms with van der Waals surface area (Å²) in [5.41, 5.74) is -0.0412. The average Bonchev–Trinajstić information content (AvgIpc) is 2.72. The monoisotopic (exact) mass is 288 g/mol. The number of hydrogen-bond acceptors (Lipinski definition) is 3. The molecule has 0 unspecified atom stereocenters. The van der Waals surface area contributed by atoms with Crippen LogP contribution in [0.25, 0.3) is 0 Å². The van der Waals surface area contributed by atoms with Crippen LogP contribution in [0, 0.1) is 0 Å². The van der Waals surface area contributed by atoms with Crippen molar-refractivity contribution < 1.29 is 18.3 Å². The molecular weight excluding hydrogens is 268 g/mol. The number of hydrogen-bond donors (Lipinski definition) is 1. The van der Waals surface area contributed by atoms with Gasteiger partial charge in [0.15, 0.2) is 0 Å². The van der Waals surface area contributed by atoms with Gasteiger partial charge in [-0.15, -0.1) is 0 Å². The molecule has 1 aromatic rings. The van der Waals surface area contributed by atoms with Gasteiger partial charge in [0.25, 0.3) is 0 Å². The van der Waals surface area contributed by atoms with E-state index in [4.69, 9.17) is 5.11 Å². The first-order valence-electron chi connectivity index (χ1n) is 6.16. The molecule has 19 heavy (non-hydrogen) atoms. The molecule has 0 amide bonds. The summed E-state index contributed by atoms with van der Waals surface area (Å²) >= 11 is 0. The zero-order valence-electron chi connectivity index (χ0n) is 11.5. The minimum absolute atomic E-state index is 0.0198. The summed E-state index contributed by atoms with van der Waals surface area (Å²) in [5.74, 6) is -1.14. The predicted octanol–water partition coefficient (Wildman–Crippen LogP) is 1.53. The fourth-order valence-corrected chi connectivity index (χ4v) is 3.05. The molecule has 6 nitrogen and oxygen atoms in total. The number of rotatable bonds is 7. The van der Waals surface area contributed by atoms with Gasteiger partial charge in [-0.2, -0.15) is 0 Å². The van der Waals surface area contributed by atoms with Crippen molar-refractivity contribution >= 4 is 16.0 Å². The molecule has 1 rings (SSSR count). The van der Waals surface area contributed by atoms with E-state index < -0.39 is 16.0 Å². The highest BCUT2D eigenvalue weighted by molar-refractivity contribution is 7.89. The van der Waals surface area contributed by atoms with Gasteiger partial charge in [-0.3, -0.25) is 0 Å². The van der Waals surface area contributed by atoms with Crippen LogP contribution in [0.2, 0.25) is 0 Å². The molecule has 0 spiro atoms.